The average Bonchev–Trinajstić information content (AvgIpc) is 2.79. The number of Topliss-reactive ketones (excluding diaryl/α,β-unsaturated/α-hetero) is 1. The summed E-state index contributed by atoms with van der Waals surface area (Å²) < 4.78 is 7.24. The van der Waals surface area contributed by atoms with Gasteiger partial charge in [-0.1, -0.05) is 23.7 Å². The number of benzene rings is 2. The molecule has 0 aliphatic heterocycles. The number of carbonyl (C=O) groups is 2. The first-order chi connectivity index (χ1) is 16.1. The van der Waals surface area contributed by atoms with Crippen molar-refractivity contribution in [2.24, 2.45) is 0 Å². The molecule has 2 aromatic carbocycles. The number of halogens is 1. The van der Waals surface area contributed by atoms with Crippen molar-refractivity contribution in [3.8, 4) is 22.9 Å². The van der Waals surface area contributed by atoms with E-state index in [1.165, 1.54) is 29.0 Å². The Kier molecular flexibility index (Phi) is 7.54. The Labute approximate surface area is 201 Å². The number of pyridine rings is 1. The van der Waals surface area contributed by atoms with Crippen LogP contribution >= 0.6 is 11.6 Å². The van der Waals surface area contributed by atoms with Crippen LogP contribution in [-0.2, 0) is 11.2 Å². The SMILES string of the molecule is CC(C)Oc1cn(C(C)C(=O)Cc2ccc(C(=O)O)cc2)c(=O)cc1-c1cc(Cl)ccc1C#N. The van der Waals surface area contributed by atoms with E-state index in [4.69, 9.17) is 21.4 Å². The lowest BCUT2D eigenvalue weighted by Crippen LogP contribution is -2.29. The van der Waals surface area contributed by atoms with Gasteiger partial charge in [0.2, 0.25) is 0 Å². The molecule has 174 valence electrons. The number of carboxylic acids is 1. The first kappa shape index (κ1) is 24.7. The van der Waals surface area contributed by atoms with Gasteiger partial charge >= 0.3 is 5.97 Å². The molecule has 0 fully saturated rings. The van der Waals surface area contributed by atoms with E-state index in [1.54, 1.807) is 37.3 Å². The van der Waals surface area contributed by atoms with Crippen LogP contribution in [0, 0.1) is 11.3 Å². The molecule has 1 aromatic heterocycles. The molecular formula is C26H23ClN2O5. The maximum absolute atomic E-state index is 13.0. The Bertz CT molecular complexity index is 1340. The van der Waals surface area contributed by atoms with Gasteiger partial charge in [0.25, 0.3) is 5.56 Å². The van der Waals surface area contributed by atoms with E-state index >= 15 is 0 Å². The van der Waals surface area contributed by atoms with Crippen molar-refractivity contribution in [3.63, 3.8) is 0 Å². The number of aromatic nitrogens is 1. The van der Waals surface area contributed by atoms with Crippen LogP contribution in [0.2, 0.25) is 5.02 Å². The summed E-state index contributed by atoms with van der Waals surface area (Å²) in [7, 11) is 0. The first-order valence-corrected chi connectivity index (χ1v) is 11.0. The van der Waals surface area contributed by atoms with Crippen LogP contribution in [0.1, 0.15) is 48.3 Å². The molecule has 34 heavy (non-hydrogen) atoms. The Hall–Kier alpha value is -3.89. The molecule has 0 radical (unpaired) electrons. The third-order valence-corrected chi connectivity index (χ3v) is 5.50. The zero-order valence-electron chi connectivity index (χ0n) is 18.9. The van der Waals surface area contributed by atoms with Crippen LogP contribution in [0.4, 0.5) is 0 Å². The van der Waals surface area contributed by atoms with Crippen molar-refractivity contribution in [1.29, 1.82) is 5.26 Å². The molecule has 0 spiro atoms. The highest BCUT2D eigenvalue weighted by Gasteiger charge is 2.21. The highest BCUT2D eigenvalue weighted by Crippen LogP contribution is 2.34. The predicted molar refractivity (Wildman–Crippen MR) is 128 cm³/mol. The highest BCUT2D eigenvalue weighted by atomic mass is 35.5. The zero-order chi connectivity index (χ0) is 25.0. The van der Waals surface area contributed by atoms with Gasteiger partial charge in [-0.3, -0.25) is 9.59 Å². The van der Waals surface area contributed by atoms with Gasteiger partial charge < -0.3 is 14.4 Å². The van der Waals surface area contributed by atoms with Crippen molar-refractivity contribution in [3.05, 3.63) is 86.8 Å². The number of ether oxygens (including phenoxy) is 1. The number of hydrogen-bond acceptors (Lipinski definition) is 5. The fourth-order valence-corrected chi connectivity index (χ4v) is 3.67. The van der Waals surface area contributed by atoms with E-state index in [0.29, 0.717) is 33.0 Å². The third kappa shape index (κ3) is 5.53. The highest BCUT2D eigenvalue weighted by molar-refractivity contribution is 6.31. The quantitative estimate of drug-likeness (QED) is 0.493. The Morgan fingerprint density at radius 2 is 1.76 bits per heavy atom. The molecule has 0 aliphatic rings. The normalized spacial score (nSPS) is 11.6. The lowest BCUT2D eigenvalue weighted by atomic mass is 9.99. The molecule has 7 nitrogen and oxygen atoms in total. The molecule has 1 unspecified atom stereocenters. The number of rotatable bonds is 8. The molecule has 0 bridgehead atoms. The maximum atomic E-state index is 13.0. The summed E-state index contributed by atoms with van der Waals surface area (Å²) in [5.41, 5.74) is 1.55. The number of carboxylic acid groups (broad SMARTS) is 1. The van der Waals surface area contributed by atoms with Crippen LogP contribution in [0.5, 0.6) is 5.75 Å². The Morgan fingerprint density at radius 1 is 1.09 bits per heavy atom. The molecule has 3 aromatic rings. The Morgan fingerprint density at radius 3 is 2.35 bits per heavy atom. The van der Waals surface area contributed by atoms with Crippen LogP contribution in [0.3, 0.4) is 0 Å². The molecule has 1 N–H and O–H groups in total. The van der Waals surface area contributed by atoms with Crippen LogP contribution in [0.15, 0.2) is 59.5 Å². The fraction of sp³-hybridized carbons (Fsp3) is 0.231. The Balaban J connectivity index is 1.99. The standard InChI is InChI=1S/C26H23ClN2O5/c1-15(2)34-24-14-29(16(3)23(30)10-17-4-6-18(7-5-17)26(32)33)25(31)12-22(24)21-11-20(27)9-8-19(21)13-28/h4-9,11-12,14-16H,10H2,1-3H3,(H,32,33). The van der Waals surface area contributed by atoms with Gasteiger partial charge in [-0.15, -0.1) is 0 Å². The summed E-state index contributed by atoms with van der Waals surface area (Å²) in [6.07, 6.45) is 1.28. The van der Waals surface area contributed by atoms with Crippen molar-refractivity contribution in [1.82, 2.24) is 4.57 Å². The number of carbonyl (C=O) groups excluding carboxylic acids is 1. The average molecular weight is 479 g/mol. The van der Waals surface area contributed by atoms with Crippen molar-refractivity contribution >= 4 is 23.4 Å². The van der Waals surface area contributed by atoms with Crippen LogP contribution in [0.25, 0.3) is 11.1 Å². The molecule has 0 saturated heterocycles. The number of nitriles is 1. The molecule has 8 heteroatoms. The summed E-state index contributed by atoms with van der Waals surface area (Å²) in [6.45, 7) is 5.28. The minimum absolute atomic E-state index is 0.0303. The maximum Gasteiger partial charge on any atom is 0.335 e. The summed E-state index contributed by atoms with van der Waals surface area (Å²) in [6, 6.07) is 13.4. The molecular weight excluding hydrogens is 456 g/mol. The van der Waals surface area contributed by atoms with E-state index in [-0.39, 0.29) is 23.9 Å². The van der Waals surface area contributed by atoms with Crippen molar-refractivity contribution in [2.75, 3.05) is 0 Å². The van der Waals surface area contributed by atoms with E-state index in [0.717, 1.165) is 0 Å². The van der Waals surface area contributed by atoms with Crippen LogP contribution in [-0.4, -0.2) is 27.5 Å². The van der Waals surface area contributed by atoms with E-state index in [1.807, 2.05) is 13.8 Å². The summed E-state index contributed by atoms with van der Waals surface area (Å²) >= 11 is 6.14. The fourth-order valence-electron chi connectivity index (χ4n) is 3.50. The smallest absolute Gasteiger partial charge is 0.335 e. The first-order valence-electron chi connectivity index (χ1n) is 10.6. The second-order valence-electron chi connectivity index (χ2n) is 8.09. The summed E-state index contributed by atoms with van der Waals surface area (Å²) in [4.78, 5) is 37.0. The van der Waals surface area contributed by atoms with E-state index < -0.39 is 17.6 Å². The monoisotopic (exact) mass is 478 g/mol. The van der Waals surface area contributed by atoms with Gasteiger partial charge in [0.1, 0.15) is 5.75 Å². The second-order valence-corrected chi connectivity index (χ2v) is 8.52. The molecule has 0 amide bonds. The number of nitrogens with zero attached hydrogens (tertiary/aromatic N) is 2. The van der Waals surface area contributed by atoms with Gasteiger partial charge in [0.15, 0.2) is 5.78 Å². The largest absolute Gasteiger partial charge is 0.489 e. The van der Waals surface area contributed by atoms with Gasteiger partial charge in [-0.2, -0.15) is 5.26 Å². The van der Waals surface area contributed by atoms with Crippen molar-refractivity contribution < 1.29 is 19.4 Å². The lowest BCUT2D eigenvalue weighted by Gasteiger charge is -2.20. The van der Waals surface area contributed by atoms with Gasteiger partial charge in [0, 0.05) is 28.6 Å². The van der Waals surface area contributed by atoms with Gasteiger partial charge in [-0.25, -0.2) is 4.79 Å². The third-order valence-electron chi connectivity index (χ3n) is 5.26. The minimum Gasteiger partial charge on any atom is -0.489 e. The molecule has 0 aliphatic carbocycles. The van der Waals surface area contributed by atoms with Crippen LogP contribution < -0.4 is 10.3 Å². The zero-order valence-corrected chi connectivity index (χ0v) is 19.7. The molecule has 1 heterocycles. The van der Waals surface area contributed by atoms with E-state index in [2.05, 4.69) is 6.07 Å². The van der Waals surface area contributed by atoms with Gasteiger partial charge in [0.05, 0.1) is 35.5 Å². The van der Waals surface area contributed by atoms with E-state index in [9.17, 15) is 19.6 Å². The number of hydrogen-bond donors (Lipinski definition) is 1. The molecule has 3 rings (SSSR count). The predicted octanol–water partition coefficient (Wildman–Crippen LogP) is 4.90. The number of ketones is 1. The summed E-state index contributed by atoms with van der Waals surface area (Å²) in [5, 5.41) is 19.0. The minimum atomic E-state index is -1.05. The molecule has 1 atom stereocenters. The summed E-state index contributed by atoms with van der Waals surface area (Å²) in [5.74, 6) is -0.928. The van der Waals surface area contributed by atoms with Gasteiger partial charge in [-0.05, 0) is 56.7 Å². The lowest BCUT2D eigenvalue weighted by molar-refractivity contribution is -0.121. The van der Waals surface area contributed by atoms with Crippen molar-refractivity contribution in [2.45, 2.75) is 39.3 Å². The topological polar surface area (TPSA) is 109 Å². The second kappa shape index (κ2) is 10.4. The molecule has 0 saturated carbocycles. The number of aromatic carboxylic acids is 1.